The van der Waals surface area contributed by atoms with Crippen molar-refractivity contribution >= 4 is 33.4 Å². The summed E-state index contributed by atoms with van der Waals surface area (Å²) in [5, 5.41) is 6.27. The highest BCUT2D eigenvalue weighted by atomic mass is 79.9. The van der Waals surface area contributed by atoms with Crippen LogP contribution in [0.5, 0.6) is 0 Å². The number of nitrogens with zero attached hydrogens (tertiary/aromatic N) is 1. The fraction of sp³-hybridized carbons (Fsp3) is 0.529. The molecule has 1 aromatic carbocycles. The zero-order valence-corrected chi connectivity index (χ0v) is 14.6. The number of amides is 2. The van der Waals surface area contributed by atoms with Crippen molar-refractivity contribution in [3.05, 3.63) is 28.7 Å². The molecule has 0 aliphatic carbocycles. The number of carbonyl (C=O) groups excluding carboxylic acids is 2. The van der Waals surface area contributed by atoms with Gasteiger partial charge in [0.15, 0.2) is 0 Å². The van der Waals surface area contributed by atoms with Gasteiger partial charge in [-0.05, 0) is 56.5 Å². The van der Waals surface area contributed by atoms with Gasteiger partial charge < -0.3 is 15.5 Å². The summed E-state index contributed by atoms with van der Waals surface area (Å²) in [5.74, 6) is -0.120. The number of anilines is 1. The molecular weight excluding hydrogens is 358 g/mol. The van der Waals surface area contributed by atoms with Gasteiger partial charge in [-0.15, -0.1) is 0 Å². The molecule has 1 aromatic rings. The van der Waals surface area contributed by atoms with E-state index in [9.17, 15) is 9.59 Å². The first-order valence-electron chi connectivity index (χ1n) is 8.20. The van der Waals surface area contributed by atoms with Crippen molar-refractivity contribution in [3.8, 4) is 0 Å². The molecule has 2 N–H and O–H groups in total. The molecule has 2 saturated heterocycles. The smallest absolute Gasteiger partial charge is 0.239 e. The Bertz CT molecular complexity index is 587. The molecule has 23 heavy (non-hydrogen) atoms. The van der Waals surface area contributed by atoms with Crippen molar-refractivity contribution in [1.82, 2.24) is 10.6 Å². The maximum atomic E-state index is 12.5. The van der Waals surface area contributed by atoms with Crippen LogP contribution in [0.1, 0.15) is 19.3 Å². The third kappa shape index (κ3) is 3.93. The molecule has 6 heteroatoms. The van der Waals surface area contributed by atoms with Crippen LogP contribution in [-0.2, 0) is 9.59 Å². The van der Waals surface area contributed by atoms with E-state index < -0.39 is 5.92 Å². The van der Waals surface area contributed by atoms with Gasteiger partial charge in [0, 0.05) is 23.2 Å². The summed E-state index contributed by atoms with van der Waals surface area (Å²) in [6.45, 7) is 3.36. The highest BCUT2D eigenvalue weighted by Crippen LogP contribution is 2.27. The number of halogens is 1. The van der Waals surface area contributed by atoms with E-state index in [0.717, 1.165) is 29.7 Å². The zero-order valence-electron chi connectivity index (χ0n) is 13.1. The van der Waals surface area contributed by atoms with Crippen molar-refractivity contribution in [2.24, 2.45) is 11.8 Å². The van der Waals surface area contributed by atoms with E-state index in [1.165, 1.54) is 6.42 Å². The van der Waals surface area contributed by atoms with Crippen molar-refractivity contribution in [3.63, 3.8) is 0 Å². The molecule has 0 aromatic heterocycles. The van der Waals surface area contributed by atoms with Gasteiger partial charge in [0.1, 0.15) is 5.92 Å². The van der Waals surface area contributed by atoms with E-state index in [1.54, 1.807) is 4.90 Å². The van der Waals surface area contributed by atoms with Crippen LogP contribution in [0.3, 0.4) is 0 Å². The summed E-state index contributed by atoms with van der Waals surface area (Å²) >= 11 is 3.42. The molecule has 5 nitrogen and oxygen atoms in total. The number of hydrogen-bond acceptors (Lipinski definition) is 3. The Morgan fingerprint density at radius 2 is 2.26 bits per heavy atom. The van der Waals surface area contributed by atoms with Gasteiger partial charge >= 0.3 is 0 Å². The van der Waals surface area contributed by atoms with Gasteiger partial charge in [-0.25, -0.2) is 0 Å². The highest BCUT2D eigenvalue weighted by molar-refractivity contribution is 9.10. The first kappa shape index (κ1) is 16.5. The largest absolute Gasteiger partial charge is 0.355 e. The molecule has 0 spiro atoms. The lowest BCUT2D eigenvalue weighted by atomic mass is 10.0. The third-order valence-corrected chi connectivity index (χ3v) is 5.15. The van der Waals surface area contributed by atoms with Crippen LogP contribution in [0, 0.1) is 11.8 Å². The SMILES string of the molecule is O=C(NCCC1CCNC1)C1CCN(c2cccc(Br)c2)C1=O. The zero-order chi connectivity index (χ0) is 16.2. The second-order valence-electron chi connectivity index (χ2n) is 6.25. The topological polar surface area (TPSA) is 61.4 Å². The third-order valence-electron chi connectivity index (χ3n) is 4.66. The van der Waals surface area contributed by atoms with Crippen LogP contribution in [0.4, 0.5) is 5.69 Å². The van der Waals surface area contributed by atoms with E-state index in [0.29, 0.717) is 25.4 Å². The van der Waals surface area contributed by atoms with Crippen LogP contribution in [0.25, 0.3) is 0 Å². The normalized spacial score (nSPS) is 24.2. The average Bonchev–Trinajstić information content (AvgIpc) is 3.17. The van der Waals surface area contributed by atoms with E-state index >= 15 is 0 Å². The van der Waals surface area contributed by atoms with E-state index in [1.807, 2.05) is 24.3 Å². The molecule has 2 amide bonds. The van der Waals surface area contributed by atoms with E-state index in [2.05, 4.69) is 26.6 Å². The van der Waals surface area contributed by atoms with Crippen LogP contribution >= 0.6 is 15.9 Å². The lowest BCUT2D eigenvalue weighted by molar-refractivity contribution is -0.132. The van der Waals surface area contributed by atoms with E-state index in [-0.39, 0.29) is 11.8 Å². The molecule has 2 unspecified atom stereocenters. The predicted molar refractivity (Wildman–Crippen MR) is 93.2 cm³/mol. The molecule has 2 aliphatic rings. The monoisotopic (exact) mass is 379 g/mol. The summed E-state index contributed by atoms with van der Waals surface area (Å²) in [6.07, 6.45) is 2.74. The molecule has 0 radical (unpaired) electrons. The minimum absolute atomic E-state index is 0.0943. The Balaban J connectivity index is 1.52. The quantitative estimate of drug-likeness (QED) is 0.768. The molecule has 2 atom stereocenters. The van der Waals surface area contributed by atoms with Crippen LogP contribution in [-0.4, -0.2) is 38.0 Å². The van der Waals surface area contributed by atoms with Crippen molar-refractivity contribution in [1.29, 1.82) is 0 Å². The molecule has 124 valence electrons. The van der Waals surface area contributed by atoms with Gasteiger partial charge in [-0.2, -0.15) is 0 Å². The summed E-state index contributed by atoms with van der Waals surface area (Å²) < 4.78 is 0.931. The summed E-state index contributed by atoms with van der Waals surface area (Å²) in [4.78, 5) is 26.5. The Kier molecular flexibility index (Phi) is 5.33. The maximum Gasteiger partial charge on any atom is 0.239 e. The average molecular weight is 380 g/mol. The lowest BCUT2D eigenvalue weighted by Crippen LogP contribution is -2.37. The Labute approximate surface area is 144 Å². The predicted octanol–water partition coefficient (Wildman–Crippen LogP) is 1.92. The first-order chi connectivity index (χ1) is 11.1. The Morgan fingerprint density at radius 3 is 3.00 bits per heavy atom. The Morgan fingerprint density at radius 1 is 1.39 bits per heavy atom. The number of nitrogens with one attached hydrogen (secondary N) is 2. The van der Waals surface area contributed by atoms with Gasteiger partial charge in [0.05, 0.1) is 0 Å². The highest BCUT2D eigenvalue weighted by Gasteiger charge is 2.37. The minimum atomic E-state index is -0.546. The second kappa shape index (κ2) is 7.45. The molecule has 0 saturated carbocycles. The second-order valence-corrected chi connectivity index (χ2v) is 7.17. The minimum Gasteiger partial charge on any atom is -0.355 e. The number of hydrogen-bond donors (Lipinski definition) is 2. The summed E-state index contributed by atoms with van der Waals surface area (Å²) in [5.41, 5.74) is 0.844. The van der Waals surface area contributed by atoms with Gasteiger partial charge in [0.2, 0.25) is 11.8 Å². The van der Waals surface area contributed by atoms with Gasteiger partial charge in [0.25, 0.3) is 0 Å². The maximum absolute atomic E-state index is 12.5. The summed E-state index contributed by atoms with van der Waals surface area (Å²) in [7, 11) is 0. The molecule has 2 fully saturated rings. The van der Waals surface area contributed by atoms with Crippen LogP contribution in [0.15, 0.2) is 28.7 Å². The number of rotatable bonds is 5. The standard InChI is InChI=1S/C17H22BrN3O2/c18-13-2-1-3-14(10-13)21-9-6-15(17(21)23)16(22)20-8-5-12-4-7-19-11-12/h1-3,10,12,15,19H,4-9,11H2,(H,20,22). The van der Waals surface area contributed by atoms with Gasteiger partial charge in [-0.3, -0.25) is 9.59 Å². The van der Waals surface area contributed by atoms with E-state index in [4.69, 9.17) is 0 Å². The Hall–Kier alpha value is -1.40. The van der Waals surface area contributed by atoms with Gasteiger partial charge in [-0.1, -0.05) is 22.0 Å². The fourth-order valence-electron chi connectivity index (χ4n) is 3.31. The number of carbonyl (C=O) groups is 2. The van der Waals surface area contributed by atoms with Crippen molar-refractivity contribution in [2.75, 3.05) is 31.1 Å². The molecule has 2 heterocycles. The van der Waals surface area contributed by atoms with Crippen molar-refractivity contribution in [2.45, 2.75) is 19.3 Å². The van der Waals surface area contributed by atoms with Crippen LogP contribution in [0.2, 0.25) is 0 Å². The first-order valence-corrected chi connectivity index (χ1v) is 9.00. The fourth-order valence-corrected chi connectivity index (χ4v) is 3.69. The summed E-state index contributed by atoms with van der Waals surface area (Å²) in [6, 6.07) is 7.63. The molecule has 3 rings (SSSR count). The van der Waals surface area contributed by atoms with Crippen LogP contribution < -0.4 is 15.5 Å². The lowest BCUT2D eigenvalue weighted by Gasteiger charge is -2.17. The number of benzene rings is 1. The van der Waals surface area contributed by atoms with Crippen molar-refractivity contribution < 1.29 is 9.59 Å². The molecule has 0 bridgehead atoms. The molecule has 2 aliphatic heterocycles. The molecular formula is C17H22BrN3O2.